The van der Waals surface area contributed by atoms with Crippen molar-refractivity contribution in [3.05, 3.63) is 23.3 Å². The third-order valence-corrected chi connectivity index (χ3v) is 2.39. The maximum absolute atomic E-state index is 12.7. The van der Waals surface area contributed by atoms with Gasteiger partial charge in [0.25, 0.3) is 5.78 Å². The van der Waals surface area contributed by atoms with Crippen molar-refractivity contribution in [2.24, 2.45) is 0 Å². The van der Waals surface area contributed by atoms with Crippen LogP contribution >= 0.6 is 0 Å². The minimum atomic E-state index is -0.994. The van der Waals surface area contributed by atoms with Gasteiger partial charge in [-0.3, -0.25) is 4.79 Å². The van der Waals surface area contributed by atoms with E-state index in [0.29, 0.717) is 0 Å². The molecule has 0 fully saturated rings. The van der Waals surface area contributed by atoms with Crippen LogP contribution in [0.1, 0.15) is 22.8 Å². The lowest BCUT2D eigenvalue weighted by Crippen LogP contribution is -2.18. The van der Waals surface area contributed by atoms with Gasteiger partial charge in [0.05, 0.1) is 12.2 Å². The van der Waals surface area contributed by atoms with Crippen LogP contribution in [0.3, 0.4) is 0 Å². The molecule has 1 aromatic carbocycles. The van der Waals surface area contributed by atoms with Gasteiger partial charge in [0.2, 0.25) is 6.79 Å². The number of benzene rings is 1. The number of esters is 1. The summed E-state index contributed by atoms with van der Waals surface area (Å²) in [6, 6.07) is 2.71. The monoisotopic (exact) mass is 254 g/mol. The summed E-state index contributed by atoms with van der Waals surface area (Å²) in [7, 11) is 0. The first-order valence-electron chi connectivity index (χ1n) is 5.37. The summed E-state index contributed by atoms with van der Waals surface area (Å²) in [5.74, 6) is -1.44. The lowest BCUT2D eigenvalue weighted by atomic mass is 10.1. The molecule has 2 rings (SSSR count). The highest BCUT2D eigenvalue weighted by molar-refractivity contribution is 6.41. The minimum absolute atomic E-state index is 0.0314. The highest BCUT2D eigenvalue weighted by Gasteiger charge is 2.28. The number of halogens is 1. The molecule has 0 saturated carbocycles. The Labute approximate surface area is 102 Å². The Balaban J connectivity index is 2.40. The number of fused-ring (bicyclic) bond motifs is 1. The molecule has 0 amide bonds. The second kappa shape index (κ2) is 5.03. The Morgan fingerprint density at radius 2 is 2.17 bits per heavy atom. The van der Waals surface area contributed by atoms with Crippen molar-refractivity contribution in [3.8, 4) is 11.5 Å². The van der Waals surface area contributed by atoms with E-state index in [1.165, 1.54) is 12.1 Å². The fraction of sp³-hybridized carbons (Fsp3) is 0.333. The summed E-state index contributed by atoms with van der Waals surface area (Å²) >= 11 is 0. The van der Waals surface area contributed by atoms with Crippen molar-refractivity contribution in [3.63, 3.8) is 0 Å². The maximum Gasteiger partial charge on any atom is 0.379 e. The van der Waals surface area contributed by atoms with Crippen LogP contribution in [-0.2, 0) is 16.2 Å². The van der Waals surface area contributed by atoms with Crippen molar-refractivity contribution in [2.45, 2.75) is 13.6 Å². The van der Waals surface area contributed by atoms with E-state index in [1.54, 1.807) is 6.92 Å². The molecule has 96 valence electrons. The summed E-state index contributed by atoms with van der Waals surface area (Å²) in [5.41, 5.74) is 0.211. The van der Waals surface area contributed by atoms with Gasteiger partial charge in [-0.25, -0.2) is 9.18 Å². The SMILES string of the molecule is CCOC(=O)C(=O)c1cc(CF)cc2c1OCO2. The molecule has 0 N–H and O–H groups in total. The van der Waals surface area contributed by atoms with Crippen LogP contribution in [0.15, 0.2) is 12.1 Å². The third-order valence-electron chi connectivity index (χ3n) is 2.39. The van der Waals surface area contributed by atoms with E-state index in [4.69, 9.17) is 9.47 Å². The number of carbonyl (C=O) groups excluding carboxylic acids is 2. The molecule has 1 aromatic rings. The molecule has 0 unspecified atom stereocenters. The van der Waals surface area contributed by atoms with Gasteiger partial charge in [0, 0.05) is 0 Å². The molecule has 1 aliphatic heterocycles. The summed E-state index contributed by atoms with van der Waals surface area (Å²) in [6.07, 6.45) is 0. The third kappa shape index (κ3) is 2.13. The van der Waals surface area contributed by atoms with E-state index in [1.807, 2.05) is 0 Å². The van der Waals surface area contributed by atoms with Crippen LogP contribution in [0.4, 0.5) is 4.39 Å². The van der Waals surface area contributed by atoms with Gasteiger partial charge in [0.15, 0.2) is 11.5 Å². The zero-order valence-corrected chi connectivity index (χ0v) is 9.70. The highest BCUT2D eigenvalue weighted by Crippen LogP contribution is 2.37. The van der Waals surface area contributed by atoms with Crippen LogP contribution in [0.5, 0.6) is 11.5 Å². The van der Waals surface area contributed by atoms with Crippen LogP contribution in [-0.4, -0.2) is 25.2 Å². The Morgan fingerprint density at radius 1 is 1.39 bits per heavy atom. The molecule has 5 nitrogen and oxygen atoms in total. The zero-order chi connectivity index (χ0) is 13.1. The van der Waals surface area contributed by atoms with Crippen molar-refractivity contribution >= 4 is 11.8 Å². The highest BCUT2D eigenvalue weighted by atomic mass is 19.1. The largest absolute Gasteiger partial charge is 0.460 e. The zero-order valence-electron chi connectivity index (χ0n) is 9.70. The molecule has 0 atom stereocenters. The fourth-order valence-corrected chi connectivity index (χ4v) is 1.62. The van der Waals surface area contributed by atoms with E-state index in [9.17, 15) is 14.0 Å². The lowest BCUT2D eigenvalue weighted by molar-refractivity contribution is -0.137. The second-order valence-electron chi connectivity index (χ2n) is 3.56. The first kappa shape index (κ1) is 12.3. The molecule has 0 aromatic heterocycles. The molecule has 0 radical (unpaired) electrons. The Morgan fingerprint density at radius 3 is 2.83 bits per heavy atom. The van der Waals surface area contributed by atoms with Gasteiger partial charge in [-0.2, -0.15) is 0 Å². The lowest BCUT2D eigenvalue weighted by Gasteiger charge is -2.06. The summed E-state index contributed by atoms with van der Waals surface area (Å²) in [4.78, 5) is 23.2. The number of carbonyl (C=O) groups is 2. The van der Waals surface area contributed by atoms with Crippen LogP contribution in [0, 0.1) is 0 Å². The molecule has 0 saturated heterocycles. The van der Waals surface area contributed by atoms with Gasteiger partial charge in [-0.1, -0.05) is 0 Å². The smallest absolute Gasteiger partial charge is 0.379 e. The van der Waals surface area contributed by atoms with Gasteiger partial charge in [0.1, 0.15) is 6.67 Å². The van der Waals surface area contributed by atoms with Crippen LogP contribution in [0.2, 0.25) is 0 Å². The normalized spacial score (nSPS) is 12.3. The van der Waals surface area contributed by atoms with Crippen molar-refractivity contribution in [1.82, 2.24) is 0 Å². The average molecular weight is 254 g/mol. The van der Waals surface area contributed by atoms with E-state index in [-0.39, 0.29) is 36.0 Å². The van der Waals surface area contributed by atoms with E-state index in [2.05, 4.69) is 4.74 Å². The first-order valence-corrected chi connectivity index (χ1v) is 5.37. The fourth-order valence-electron chi connectivity index (χ4n) is 1.62. The molecular weight excluding hydrogens is 243 g/mol. The second-order valence-corrected chi connectivity index (χ2v) is 3.56. The predicted molar refractivity (Wildman–Crippen MR) is 58.3 cm³/mol. The Bertz CT molecular complexity index is 497. The average Bonchev–Trinajstić information content (AvgIpc) is 2.84. The molecular formula is C12H11FO5. The quantitative estimate of drug-likeness (QED) is 0.464. The van der Waals surface area contributed by atoms with Crippen LogP contribution < -0.4 is 9.47 Å². The Kier molecular flexibility index (Phi) is 3.45. The van der Waals surface area contributed by atoms with E-state index >= 15 is 0 Å². The number of alkyl halides is 1. The van der Waals surface area contributed by atoms with Gasteiger partial charge in [-0.15, -0.1) is 0 Å². The Hall–Kier alpha value is -2.11. The van der Waals surface area contributed by atoms with Gasteiger partial charge in [-0.05, 0) is 24.6 Å². The topological polar surface area (TPSA) is 61.8 Å². The molecule has 1 heterocycles. The number of rotatable bonds is 4. The van der Waals surface area contributed by atoms with Crippen molar-refractivity contribution < 1.29 is 28.2 Å². The molecule has 0 spiro atoms. The summed E-state index contributed by atoms with van der Waals surface area (Å²) in [6.45, 7) is 0.855. The molecule has 0 aliphatic carbocycles. The van der Waals surface area contributed by atoms with Crippen molar-refractivity contribution in [1.29, 1.82) is 0 Å². The minimum Gasteiger partial charge on any atom is -0.460 e. The number of hydrogen-bond donors (Lipinski definition) is 0. The standard InChI is InChI=1S/C12H11FO5/c1-2-16-12(15)10(14)8-3-7(5-13)4-9-11(8)18-6-17-9/h3-4H,2,5-6H2,1H3. The summed E-state index contributed by atoms with van der Waals surface area (Å²) in [5, 5.41) is 0. The molecule has 18 heavy (non-hydrogen) atoms. The van der Waals surface area contributed by atoms with Crippen LogP contribution in [0.25, 0.3) is 0 Å². The van der Waals surface area contributed by atoms with Crippen molar-refractivity contribution in [2.75, 3.05) is 13.4 Å². The molecule has 1 aliphatic rings. The number of ketones is 1. The summed E-state index contributed by atoms with van der Waals surface area (Å²) < 4.78 is 27.5. The first-order chi connectivity index (χ1) is 8.67. The number of Topliss-reactive ketones (excluding diaryl/α,β-unsaturated/α-hetero) is 1. The molecule has 6 heteroatoms. The van der Waals surface area contributed by atoms with E-state index < -0.39 is 18.4 Å². The number of hydrogen-bond acceptors (Lipinski definition) is 5. The van der Waals surface area contributed by atoms with Gasteiger partial charge < -0.3 is 14.2 Å². The van der Waals surface area contributed by atoms with E-state index in [0.717, 1.165) is 0 Å². The maximum atomic E-state index is 12.7. The van der Waals surface area contributed by atoms with Gasteiger partial charge >= 0.3 is 5.97 Å². The molecule has 0 bridgehead atoms. The number of ether oxygens (including phenoxy) is 3. The predicted octanol–water partition coefficient (Wildman–Crippen LogP) is 1.63.